The number of nitrogens with zero attached hydrogens (tertiary/aromatic N) is 4. The molecule has 31 heavy (non-hydrogen) atoms. The van der Waals surface area contributed by atoms with E-state index >= 15 is 0 Å². The smallest absolute Gasteiger partial charge is 0.264 e. The molecule has 2 aromatic rings. The maximum Gasteiger partial charge on any atom is 0.264 e. The molecule has 1 unspecified atom stereocenters. The zero-order valence-corrected chi connectivity index (χ0v) is 18.0. The first-order chi connectivity index (χ1) is 14.8. The van der Waals surface area contributed by atoms with Gasteiger partial charge >= 0.3 is 0 Å². The number of allylic oxidation sites excluding steroid dienone is 4. The second-order valence-corrected chi connectivity index (χ2v) is 8.79. The predicted molar refractivity (Wildman–Crippen MR) is 118 cm³/mol. The first kappa shape index (κ1) is 19.5. The quantitative estimate of drug-likeness (QED) is 0.749. The molecule has 0 saturated carbocycles. The van der Waals surface area contributed by atoms with Crippen LogP contribution in [0.3, 0.4) is 0 Å². The SMILES string of the molecule is Cc1ncc(C2=CCC3C(=C2)N(c2ccc4c(c2)N(C)C(=O)CO4)C(=O)C3(C)C)cn1. The van der Waals surface area contributed by atoms with Crippen LogP contribution in [0.4, 0.5) is 11.4 Å². The second-order valence-electron chi connectivity index (χ2n) is 8.79. The van der Waals surface area contributed by atoms with E-state index in [2.05, 4.69) is 22.1 Å². The first-order valence-electron chi connectivity index (χ1n) is 10.4. The third-order valence-electron chi connectivity index (χ3n) is 6.52. The number of aromatic nitrogens is 2. The Hall–Kier alpha value is -3.48. The van der Waals surface area contributed by atoms with E-state index in [4.69, 9.17) is 4.74 Å². The fourth-order valence-electron chi connectivity index (χ4n) is 4.53. The van der Waals surface area contributed by atoms with Crippen molar-refractivity contribution in [3.05, 3.63) is 59.8 Å². The van der Waals surface area contributed by atoms with Crippen molar-refractivity contribution in [3.63, 3.8) is 0 Å². The topological polar surface area (TPSA) is 75.6 Å². The van der Waals surface area contributed by atoms with Gasteiger partial charge in [0, 0.05) is 36.6 Å². The van der Waals surface area contributed by atoms with Gasteiger partial charge in [-0.15, -0.1) is 0 Å². The molecule has 1 aliphatic carbocycles. The number of hydrogen-bond acceptors (Lipinski definition) is 5. The van der Waals surface area contributed by atoms with Gasteiger partial charge in [-0.05, 0) is 43.2 Å². The van der Waals surface area contributed by atoms with Gasteiger partial charge in [-0.3, -0.25) is 14.5 Å². The first-order valence-corrected chi connectivity index (χ1v) is 10.4. The zero-order valence-electron chi connectivity index (χ0n) is 18.0. The summed E-state index contributed by atoms with van der Waals surface area (Å²) in [5.74, 6) is 1.37. The third-order valence-corrected chi connectivity index (χ3v) is 6.52. The highest BCUT2D eigenvalue weighted by Crippen LogP contribution is 2.51. The molecule has 1 aromatic carbocycles. The van der Waals surface area contributed by atoms with Gasteiger partial charge in [0.15, 0.2) is 6.61 Å². The third kappa shape index (κ3) is 2.95. The van der Waals surface area contributed by atoms with Crippen molar-refractivity contribution in [2.24, 2.45) is 11.3 Å². The number of ether oxygens (including phenoxy) is 1. The Morgan fingerprint density at radius 1 is 1.16 bits per heavy atom. The Balaban J connectivity index is 1.59. The predicted octanol–water partition coefficient (Wildman–Crippen LogP) is 3.50. The van der Waals surface area contributed by atoms with E-state index in [-0.39, 0.29) is 24.3 Å². The monoisotopic (exact) mass is 416 g/mol. The maximum atomic E-state index is 13.5. The van der Waals surface area contributed by atoms with Crippen molar-refractivity contribution < 1.29 is 14.3 Å². The Morgan fingerprint density at radius 2 is 1.90 bits per heavy atom. The normalized spacial score (nSPS) is 21.9. The second kappa shape index (κ2) is 6.77. The number of aryl methyl sites for hydroxylation is 1. The van der Waals surface area contributed by atoms with Crippen LogP contribution in [0.15, 0.2) is 48.4 Å². The van der Waals surface area contributed by atoms with E-state index < -0.39 is 5.41 Å². The van der Waals surface area contributed by atoms with Gasteiger partial charge in [-0.2, -0.15) is 0 Å². The maximum absolute atomic E-state index is 13.5. The number of carbonyl (C=O) groups is 2. The summed E-state index contributed by atoms with van der Waals surface area (Å²) in [6.45, 7) is 5.88. The summed E-state index contributed by atoms with van der Waals surface area (Å²) in [4.78, 5) is 37.6. The Morgan fingerprint density at radius 3 is 2.65 bits per heavy atom. The van der Waals surface area contributed by atoms with Crippen molar-refractivity contribution in [2.75, 3.05) is 23.5 Å². The molecule has 1 fully saturated rings. The lowest BCUT2D eigenvalue weighted by atomic mass is 9.75. The molecule has 0 radical (unpaired) electrons. The molecule has 1 atom stereocenters. The van der Waals surface area contributed by atoms with Gasteiger partial charge in [0.25, 0.3) is 5.91 Å². The molecule has 0 spiro atoms. The minimum atomic E-state index is -0.536. The summed E-state index contributed by atoms with van der Waals surface area (Å²) in [6.07, 6.45) is 8.62. The fourth-order valence-corrected chi connectivity index (χ4v) is 4.53. The van der Waals surface area contributed by atoms with E-state index in [9.17, 15) is 9.59 Å². The summed E-state index contributed by atoms with van der Waals surface area (Å²) in [5.41, 5.74) is 3.76. The molecule has 3 aliphatic rings. The van der Waals surface area contributed by atoms with E-state index in [1.807, 2.05) is 51.4 Å². The van der Waals surface area contributed by atoms with E-state index in [1.165, 1.54) is 0 Å². The van der Waals surface area contributed by atoms with Crippen LogP contribution in [0.1, 0.15) is 31.7 Å². The lowest BCUT2D eigenvalue weighted by molar-refractivity contribution is -0.125. The van der Waals surface area contributed by atoms with Gasteiger partial charge < -0.3 is 9.64 Å². The summed E-state index contributed by atoms with van der Waals surface area (Å²) in [7, 11) is 1.73. The molecular weight excluding hydrogens is 392 g/mol. The molecule has 5 rings (SSSR count). The van der Waals surface area contributed by atoms with Crippen molar-refractivity contribution >= 4 is 28.8 Å². The fraction of sp³-hybridized carbons (Fsp3) is 0.333. The minimum absolute atomic E-state index is 0.0263. The van der Waals surface area contributed by atoms with Gasteiger partial charge in [0.2, 0.25) is 5.91 Å². The number of carbonyl (C=O) groups excluding carboxylic acids is 2. The molecule has 0 N–H and O–H groups in total. The van der Waals surface area contributed by atoms with Crippen LogP contribution < -0.4 is 14.5 Å². The Labute approximate surface area is 181 Å². The Bertz CT molecular complexity index is 1160. The number of rotatable bonds is 2. The molecule has 3 heterocycles. The number of benzene rings is 1. The molecule has 2 aliphatic heterocycles. The van der Waals surface area contributed by atoms with Crippen LogP contribution in [0.25, 0.3) is 5.57 Å². The summed E-state index contributed by atoms with van der Waals surface area (Å²) in [5, 5.41) is 0. The van der Waals surface area contributed by atoms with Gasteiger partial charge in [0.1, 0.15) is 11.6 Å². The van der Waals surface area contributed by atoms with E-state index in [0.717, 1.165) is 34.8 Å². The minimum Gasteiger partial charge on any atom is -0.482 e. The van der Waals surface area contributed by atoms with Crippen molar-refractivity contribution in [2.45, 2.75) is 27.2 Å². The molecule has 7 heteroatoms. The zero-order chi connectivity index (χ0) is 21.9. The number of hydrogen-bond donors (Lipinski definition) is 0. The van der Waals surface area contributed by atoms with E-state index in [1.54, 1.807) is 16.8 Å². The van der Waals surface area contributed by atoms with Crippen LogP contribution in [-0.4, -0.2) is 35.4 Å². The summed E-state index contributed by atoms with van der Waals surface area (Å²) >= 11 is 0. The van der Waals surface area contributed by atoms with E-state index in [0.29, 0.717) is 11.4 Å². The standard InChI is InChI=1S/C24H24N4O3/c1-14-25-11-16(12-26-14)15-5-7-18-19(9-15)28(23(30)24(18,2)3)17-6-8-21-20(10-17)27(4)22(29)13-31-21/h5-6,8-12,18H,7,13H2,1-4H3. The number of anilines is 2. The molecule has 1 aromatic heterocycles. The summed E-state index contributed by atoms with van der Waals surface area (Å²) in [6, 6.07) is 5.57. The molecule has 158 valence electrons. The highest BCUT2D eigenvalue weighted by atomic mass is 16.5. The largest absolute Gasteiger partial charge is 0.482 e. The van der Waals surface area contributed by atoms with Crippen LogP contribution in [-0.2, 0) is 9.59 Å². The van der Waals surface area contributed by atoms with Crippen LogP contribution in [0.5, 0.6) is 5.75 Å². The molecule has 2 amide bonds. The number of likely N-dealkylation sites (N-methyl/N-ethyl adjacent to an activating group) is 1. The lowest BCUT2D eigenvalue weighted by Crippen LogP contribution is -2.36. The molecule has 1 saturated heterocycles. The molecule has 0 bridgehead atoms. The lowest BCUT2D eigenvalue weighted by Gasteiger charge is -2.29. The van der Waals surface area contributed by atoms with Crippen molar-refractivity contribution in [3.8, 4) is 5.75 Å². The van der Waals surface area contributed by atoms with Crippen molar-refractivity contribution in [1.29, 1.82) is 0 Å². The average Bonchev–Trinajstić information content (AvgIpc) is 2.96. The highest BCUT2D eigenvalue weighted by Gasteiger charge is 2.51. The van der Waals surface area contributed by atoms with Crippen LogP contribution >= 0.6 is 0 Å². The van der Waals surface area contributed by atoms with Gasteiger partial charge in [-0.1, -0.05) is 19.9 Å². The van der Waals surface area contributed by atoms with Crippen LogP contribution in [0, 0.1) is 18.3 Å². The Kier molecular flexibility index (Phi) is 4.25. The van der Waals surface area contributed by atoms with Gasteiger partial charge in [-0.25, -0.2) is 9.97 Å². The average molecular weight is 416 g/mol. The molecule has 7 nitrogen and oxygen atoms in total. The van der Waals surface area contributed by atoms with Gasteiger partial charge in [0.05, 0.1) is 16.8 Å². The highest BCUT2D eigenvalue weighted by molar-refractivity contribution is 6.06. The number of amides is 2. The summed E-state index contributed by atoms with van der Waals surface area (Å²) < 4.78 is 5.55. The molecular formula is C24H24N4O3. The van der Waals surface area contributed by atoms with Crippen molar-refractivity contribution in [1.82, 2.24) is 9.97 Å². The number of fused-ring (bicyclic) bond motifs is 2. The van der Waals surface area contributed by atoms with Crippen LogP contribution in [0.2, 0.25) is 0 Å².